The first kappa shape index (κ1) is 37.5. The van der Waals surface area contributed by atoms with Crippen LogP contribution < -0.4 is 0 Å². The predicted octanol–water partition coefficient (Wildman–Crippen LogP) is 7.86. The fourth-order valence-corrected chi connectivity index (χ4v) is 7.25. The molecule has 7 heteroatoms. The Morgan fingerprint density at radius 2 is 1.11 bits per heavy atom. The standard InChI is InChI=1S/C37H66O7/c1-3-4-5-6-7-10-13-16-19-31(39)33-23-25-35(43-33)36-26-24-34(44-36)32(40)20-17-14-11-8-9-12-15-18-30(38)22-21-29-27-28(2)42-37(29)41/h27-28,30-36,38-40H,3-26H2,1-2H3/t28-,30+,31-,32+,33+,34+,35+,36+/m1/s1. The van der Waals surface area contributed by atoms with Crippen molar-refractivity contribution >= 4 is 5.97 Å². The van der Waals surface area contributed by atoms with Crippen LogP contribution in [0.5, 0.6) is 0 Å². The minimum atomic E-state index is -0.406. The molecule has 3 aliphatic heterocycles. The summed E-state index contributed by atoms with van der Waals surface area (Å²) in [5.41, 5.74) is 0.706. The maximum absolute atomic E-state index is 11.7. The maximum Gasteiger partial charge on any atom is 0.334 e. The zero-order chi connectivity index (χ0) is 31.6. The van der Waals surface area contributed by atoms with Crippen molar-refractivity contribution in [3.63, 3.8) is 0 Å². The first-order valence-electron chi connectivity index (χ1n) is 18.6. The lowest BCUT2D eigenvalue weighted by atomic mass is 10.00. The van der Waals surface area contributed by atoms with Gasteiger partial charge in [0.15, 0.2) is 0 Å². The van der Waals surface area contributed by atoms with E-state index >= 15 is 0 Å². The summed E-state index contributed by atoms with van der Waals surface area (Å²) in [5, 5.41) is 31.7. The van der Waals surface area contributed by atoms with Crippen LogP contribution in [0.25, 0.3) is 0 Å². The van der Waals surface area contributed by atoms with Crippen LogP contribution in [0.1, 0.15) is 168 Å². The number of cyclic esters (lactones) is 1. The van der Waals surface area contributed by atoms with Gasteiger partial charge < -0.3 is 29.5 Å². The molecule has 2 saturated heterocycles. The largest absolute Gasteiger partial charge is 0.455 e. The highest BCUT2D eigenvalue weighted by Gasteiger charge is 2.40. The minimum absolute atomic E-state index is 0.0495. The molecule has 3 rings (SSSR count). The van der Waals surface area contributed by atoms with E-state index in [1.165, 1.54) is 64.2 Å². The lowest BCUT2D eigenvalue weighted by Crippen LogP contribution is -2.33. The fraction of sp³-hybridized carbons (Fsp3) is 0.919. The summed E-state index contributed by atoms with van der Waals surface area (Å²) in [5.74, 6) is -0.231. The molecule has 0 spiro atoms. The van der Waals surface area contributed by atoms with Crippen LogP contribution in [0.15, 0.2) is 11.6 Å². The third-order valence-corrected chi connectivity index (χ3v) is 10.1. The van der Waals surface area contributed by atoms with Crippen molar-refractivity contribution in [2.75, 3.05) is 0 Å². The van der Waals surface area contributed by atoms with Crippen molar-refractivity contribution in [2.24, 2.45) is 0 Å². The molecule has 256 valence electrons. The molecule has 0 aliphatic carbocycles. The second kappa shape index (κ2) is 21.7. The first-order chi connectivity index (χ1) is 21.4. The maximum atomic E-state index is 11.7. The molecule has 0 aromatic carbocycles. The van der Waals surface area contributed by atoms with Crippen molar-refractivity contribution in [1.29, 1.82) is 0 Å². The van der Waals surface area contributed by atoms with Gasteiger partial charge in [-0.05, 0) is 70.8 Å². The number of aliphatic hydroxyl groups is 3. The van der Waals surface area contributed by atoms with Crippen LogP contribution in [0, 0.1) is 0 Å². The SMILES string of the molecule is CCCCCCCCCC[C@@H](O)[C@@H]1CC[C@@H]([C@@H]2CC[C@@H]([C@@H](O)CCCCCCCCC[C@H](O)CCC3=C[C@@H](C)OC3=O)O2)O1. The number of hydrogen-bond acceptors (Lipinski definition) is 7. The lowest BCUT2D eigenvalue weighted by molar-refractivity contribution is -0.139. The van der Waals surface area contributed by atoms with Gasteiger partial charge in [0.1, 0.15) is 6.10 Å². The average molecular weight is 623 g/mol. The molecule has 2 fully saturated rings. The molecule has 0 aromatic rings. The Hall–Kier alpha value is -0.990. The molecular formula is C37H66O7. The zero-order valence-electron chi connectivity index (χ0n) is 28.1. The number of aliphatic hydroxyl groups excluding tert-OH is 3. The van der Waals surface area contributed by atoms with Gasteiger partial charge in [-0.2, -0.15) is 0 Å². The Labute approximate surface area is 268 Å². The van der Waals surface area contributed by atoms with Gasteiger partial charge in [0.2, 0.25) is 0 Å². The molecule has 8 atom stereocenters. The summed E-state index contributed by atoms with van der Waals surface area (Å²) < 4.78 is 17.7. The highest BCUT2D eigenvalue weighted by molar-refractivity contribution is 5.90. The summed E-state index contributed by atoms with van der Waals surface area (Å²) in [4.78, 5) is 11.7. The molecule has 0 aromatic heterocycles. The third kappa shape index (κ3) is 14.2. The summed E-state index contributed by atoms with van der Waals surface area (Å²) in [6.45, 7) is 4.11. The van der Waals surface area contributed by atoms with Crippen LogP contribution >= 0.6 is 0 Å². The topological polar surface area (TPSA) is 105 Å². The van der Waals surface area contributed by atoms with E-state index < -0.39 is 6.10 Å². The van der Waals surface area contributed by atoms with Crippen molar-refractivity contribution < 1.29 is 34.3 Å². The van der Waals surface area contributed by atoms with Crippen LogP contribution in [-0.4, -0.2) is 70.1 Å². The molecule has 0 amide bonds. The average Bonchev–Trinajstić information content (AvgIpc) is 3.76. The van der Waals surface area contributed by atoms with Gasteiger partial charge in [-0.3, -0.25) is 0 Å². The Morgan fingerprint density at radius 1 is 0.659 bits per heavy atom. The molecule has 0 saturated carbocycles. The van der Waals surface area contributed by atoms with Gasteiger partial charge in [0.25, 0.3) is 0 Å². The summed E-state index contributed by atoms with van der Waals surface area (Å²) >= 11 is 0. The van der Waals surface area contributed by atoms with E-state index in [4.69, 9.17) is 14.2 Å². The smallest absolute Gasteiger partial charge is 0.334 e. The number of unbranched alkanes of at least 4 members (excludes halogenated alkanes) is 13. The number of hydrogen-bond donors (Lipinski definition) is 3. The Kier molecular flexibility index (Phi) is 18.5. The number of ether oxygens (including phenoxy) is 3. The molecular weight excluding hydrogens is 556 g/mol. The van der Waals surface area contributed by atoms with Gasteiger partial charge in [-0.1, -0.05) is 103 Å². The molecule has 0 unspecified atom stereocenters. The van der Waals surface area contributed by atoms with E-state index in [-0.39, 0.29) is 48.7 Å². The Morgan fingerprint density at radius 3 is 1.57 bits per heavy atom. The van der Waals surface area contributed by atoms with E-state index in [2.05, 4.69) is 6.92 Å². The minimum Gasteiger partial charge on any atom is -0.455 e. The first-order valence-corrected chi connectivity index (χ1v) is 18.6. The van der Waals surface area contributed by atoms with Crippen molar-refractivity contribution in [3.05, 3.63) is 11.6 Å². The van der Waals surface area contributed by atoms with Crippen molar-refractivity contribution in [2.45, 2.75) is 217 Å². The van der Waals surface area contributed by atoms with Gasteiger partial charge in [-0.25, -0.2) is 4.79 Å². The number of carbonyl (C=O) groups excluding carboxylic acids is 1. The molecule has 3 N–H and O–H groups in total. The monoisotopic (exact) mass is 622 g/mol. The van der Waals surface area contributed by atoms with Crippen LogP contribution in [0.4, 0.5) is 0 Å². The van der Waals surface area contributed by atoms with Gasteiger partial charge in [-0.15, -0.1) is 0 Å². The van der Waals surface area contributed by atoms with E-state index in [0.717, 1.165) is 77.0 Å². The van der Waals surface area contributed by atoms with Crippen molar-refractivity contribution in [3.8, 4) is 0 Å². The summed E-state index contributed by atoms with van der Waals surface area (Å²) in [6, 6.07) is 0. The number of carbonyl (C=O) groups is 1. The Balaban J connectivity index is 1.13. The van der Waals surface area contributed by atoms with Gasteiger partial charge in [0.05, 0.1) is 42.7 Å². The van der Waals surface area contributed by atoms with E-state index in [9.17, 15) is 20.1 Å². The van der Waals surface area contributed by atoms with E-state index in [0.29, 0.717) is 18.4 Å². The highest BCUT2D eigenvalue weighted by atomic mass is 16.6. The normalized spacial score (nSPS) is 27.4. The second-order valence-electron chi connectivity index (χ2n) is 14.0. The van der Waals surface area contributed by atoms with E-state index in [1.807, 2.05) is 13.0 Å². The molecule has 44 heavy (non-hydrogen) atoms. The summed E-state index contributed by atoms with van der Waals surface area (Å²) in [7, 11) is 0. The molecule has 0 bridgehead atoms. The third-order valence-electron chi connectivity index (χ3n) is 10.1. The quantitative estimate of drug-likeness (QED) is 0.0703. The van der Waals surface area contributed by atoms with E-state index in [1.54, 1.807) is 0 Å². The molecule has 0 radical (unpaired) electrons. The van der Waals surface area contributed by atoms with Crippen LogP contribution in [-0.2, 0) is 19.0 Å². The Bertz CT molecular complexity index is 801. The fourth-order valence-electron chi connectivity index (χ4n) is 7.25. The van der Waals surface area contributed by atoms with Gasteiger partial charge >= 0.3 is 5.97 Å². The molecule has 3 heterocycles. The van der Waals surface area contributed by atoms with Crippen LogP contribution in [0.3, 0.4) is 0 Å². The van der Waals surface area contributed by atoms with Crippen molar-refractivity contribution in [1.82, 2.24) is 0 Å². The summed E-state index contributed by atoms with van der Waals surface area (Å²) in [6.07, 6.45) is 25.9. The predicted molar refractivity (Wildman–Crippen MR) is 175 cm³/mol. The molecule has 3 aliphatic rings. The van der Waals surface area contributed by atoms with Gasteiger partial charge in [0, 0.05) is 5.57 Å². The second-order valence-corrected chi connectivity index (χ2v) is 14.0. The zero-order valence-corrected chi connectivity index (χ0v) is 28.1. The van der Waals surface area contributed by atoms with Crippen LogP contribution in [0.2, 0.25) is 0 Å². The lowest BCUT2D eigenvalue weighted by Gasteiger charge is -2.24. The number of rotatable bonds is 25. The highest BCUT2D eigenvalue weighted by Crippen LogP contribution is 2.34. The molecule has 7 nitrogen and oxygen atoms in total. The number of esters is 1.